The Morgan fingerprint density at radius 1 is 0.913 bits per heavy atom. The van der Waals surface area contributed by atoms with Gasteiger partial charge in [0.2, 0.25) is 0 Å². The molecule has 1 atom stereocenters. The van der Waals surface area contributed by atoms with Crippen LogP contribution in [0.5, 0.6) is 17.2 Å². The number of imidazole rings is 1. The number of aromatic nitrogens is 2. The molecule has 0 amide bonds. The van der Waals surface area contributed by atoms with Gasteiger partial charge in [0.25, 0.3) is 0 Å². The lowest BCUT2D eigenvalue weighted by Crippen LogP contribution is -2.11. The van der Waals surface area contributed by atoms with Gasteiger partial charge in [-0.2, -0.15) is 0 Å². The second-order valence-corrected chi connectivity index (χ2v) is 5.55. The Kier molecular flexibility index (Phi) is 4.74. The Labute approximate surface area is 144 Å². The highest BCUT2D eigenvalue weighted by Gasteiger charge is 2.13. The van der Waals surface area contributed by atoms with Crippen LogP contribution < -0.4 is 9.47 Å². The van der Waals surface area contributed by atoms with Crippen molar-refractivity contribution >= 4 is 23.2 Å². The molecule has 0 radical (unpaired) electrons. The third kappa shape index (κ3) is 3.78. The van der Waals surface area contributed by atoms with Gasteiger partial charge in [0.05, 0.1) is 0 Å². The summed E-state index contributed by atoms with van der Waals surface area (Å²) in [7, 11) is 0. The Hall–Kier alpha value is -2.17. The molecule has 0 saturated carbocycles. The molecule has 118 valence electrons. The molecule has 0 N–H and O–H groups in total. The van der Waals surface area contributed by atoms with Crippen molar-refractivity contribution in [3.05, 3.63) is 71.2 Å². The van der Waals surface area contributed by atoms with Crippen LogP contribution in [0.4, 0.5) is 0 Å². The summed E-state index contributed by atoms with van der Waals surface area (Å²) in [6.07, 6.45) is 1.21. The molecular formula is C17H14Cl2N2O2. The zero-order chi connectivity index (χ0) is 16.2. The number of para-hydroxylation sites is 1. The van der Waals surface area contributed by atoms with Crippen molar-refractivity contribution < 1.29 is 9.47 Å². The van der Waals surface area contributed by atoms with Gasteiger partial charge in [-0.05, 0) is 43.3 Å². The fourth-order valence-corrected chi connectivity index (χ4v) is 2.41. The third-order valence-electron chi connectivity index (χ3n) is 3.19. The first-order valence-corrected chi connectivity index (χ1v) is 7.76. The zero-order valence-corrected chi connectivity index (χ0v) is 13.8. The molecular weight excluding hydrogens is 335 g/mol. The first kappa shape index (κ1) is 15.7. The lowest BCUT2D eigenvalue weighted by molar-refractivity contribution is 0.152. The first-order valence-electron chi connectivity index (χ1n) is 7.01. The maximum absolute atomic E-state index is 6.05. The van der Waals surface area contributed by atoms with E-state index in [0.717, 1.165) is 11.5 Å². The summed E-state index contributed by atoms with van der Waals surface area (Å²) >= 11 is 11.9. The molecule has 23 heavy (non-hydrogen) atoms. The highest BCUT2D eigenvalue weighted by Crippen LogP contribution is 2.27. The maximum Gasteiger partial charge on any atom is 0.175 e. The second-order valence-electron chi connectivity index (χ2n) is 4.84. The van der Waals surface area contributed by atoms with Crippen LogP contribution in [-0.2, 0) is 0 Å². The standard InChI is InChI=1S/C17H14Cl2N2O2/c1-12(21-11-20-16(18)17(21)19)22-14-7-9-15(10-8-14)23-13-5-3-2-4-6-13/h2-12H,1H3. The van der Waals surface area contributed by atoms with E-state index in [4.69, 9.17) is 32.7 Å². The molecule has 0 aliphatic rings. The highest BCUT2D eigenvalue weighted by molar-refractivity contribution is 6.40. The SMILES string of the molecule is CC(Oc1ccc(Oc2ccccc2)cc1)n1cnc(Cl)c1Cl. The van der Waals surface area contributed by atoms with Crippen molar-refractivity contribution in [1.82, 2.24) is 9.55 Å². The van der Waals surface area contributed by atoms with Crippen molar-refractivity contribution in [2.75, 3.05) is 0 Å². The molecule has 0 saturated heterocycles. The van der Waals surface area contributed by atoms with Crippen LogP contribution >= 0.6 is 23.2 Å². The Morgan fingerprint density at radius 3 is 2.13 bits per heavy atom. The quantitative estimate of drug-likeness (QED) is 0.603. The van der Waals surface area contributed by atoms with Crippen molar-refractivity contribution in [1.29, 1.82) is 0 Å². The number of nitrogens with zero attached hydrogens (tertiary/aromatic N) is 2. The van der Waals surface area contributed by atoms with Crippen molar-refractivity contribution in [3.8, 4) is 17.2 Å². The van der Waals surface area contributed by atoms with E-state index in [9.17, 15) is 0 Å². The molecule has 4 nitrogen and oxygen atoms in total. The summed E-state index contributed by atoms with van der Waals surface area (Å²) in [6, 6.07) is 17.0. The zero-order valence-electron chi connectivity index (χ0n) is 12.3. The Bertz CT molecular complexity index is 773. The smallest absolute Gasteiger partial charge is 0.175 e. The molecule has 0 spiro atoms. The average molecular weight is 349 g/mol. The fourth-order valence-electron chi connectivity index (χ4n) is 2.04. The van der Waals surface area contributed by atoms with Gasteiger partial charge in [0, 0.05) is 0 Å². The summed E-state index contributed by atoms with van der Waals surface area (Å²) in [5.41, 5.74) is 0. The summed E-state index contributed by atoms with van der Waals surface area (Å²) < 4.78 is 13.2. The predicted octanol–water partition coefficient (Wildman–Crippen LogP) is 5.58. The van der Waals surface area contributed by atoms with Crippen molar-refractivity contribution in [2.45, 2.75) is 13.2 Å². The van der Waals surface area contributed by atoms with E-state index in [-0.39, 0.29) is 11.4 Å². The van der Waals surface area contributed by atoms with Crippen molar-refractivity contribution in [2.24, 2.45) is 0 Å². The van der Waals surface area contributed by atoms with Crippen LogP contribution in [-0.4, -0.2) is 9.55 Å². The predicted molar refractivity (Wildman–Crippen MR) is 90.5 cm³/mol. The third-order valence-corrected chi connectivity index (χ3v) is 3.94. The van der Waals surface area contributed by atoms with Crippen LogP contribution in [0.1, 0.15) is 13.2 Å². The minimum atomic E-state index is -0.330. The average Bonchev–Trinajstić information content (AvgIpc) is 2.90. The van der Waals surface area contributed by atoms with E-state index < -0.39 is 0 Å². The molecule has 1 unspecified atom stereocenters. The first-order chi connectivity index (χ1) is 11.1. The number of benzene rings is 2. The monoisotopic (exact) mass is 348 g/mol. The highest BCUT2D eigenvalue weighted by atomic mass is 35.5. The lowest BCUT2D eigenvalue weighted by atomic mass is 10.3. The summed E-state index contributed by atoms with van der Waals surface area (Å²) in [5, 5.41) is 0.608. The van der Waals surface area contributed by atoms with E-state index in [0.29, 0.717) is 10.9 Å². The molecule has 1 heterocycles. The summed E-state index contributed by atoms with van der Waals surface area (Å²) in [4.78, 5) is 3.94. The molecule has 0 bridgehead atoms. The molecule has 1 aromatic heterocycles. The molecule has 0 fully saturated rings. The maximum atomic E-state index is 6.05. The second kappa shape index (κ2) is 6.94. The topological polar surface area (TPSA) is 36.3 Å². The van der Waals surface area contributed by atoms with Crippen LogP contribution in [0.25, 0.3) is 0 Å². The molecule has 6 heteroatoms. The molecule has 3 rings (SSSR count). The van der Waals surface area contributed by atoms with E-state index in [1.165, 1.54) is 0 Å². The van der Waals surface area contributed by atoms with Crippen LogP contribution in [0.3, 0.4) is 0 Å². The number of hydrogen-bond donors (Lipinski definition) is 0. The lowest BCUT2D eigenvalue weighted by Gasteiger charge is -2.17. The molecule has 3 aromatic rings. The van der Waals surface area contributed by atoms with Crippen LogP contribution in [0, 0.1) is 0 Å². The number of hydrogen-bond acceptors (Lipinski definition) is 3. The van der Waals surface area contributed by atoms with E-state index in [1.807, 2.05) is 61.5 Å². The van der Waals surface area contributed by atoms with Gasteiger partial charge in [-0.3, -0.25) is 4.57 Å². The van der Waals surface area contributed by atoms with Gasteiger partial charge < -0.3 is 9.47 Å². The molecule has 0 aliphatic heterocycles. The van der Waals surface area contributed by atoms with E-state index >= 15 is 0 Å². The van der Waals surface area contributed by atoms with Gasteiger partial charge in [-0.25, -0.2) is 4.98 Å². The molecule has 2 aromatic carbocycles. The summed E-state index contributed by atoms with van der Waals surface area (Å²) in [5.74, 6) is 2.22. The van der Waals surface area contributed by atoms with Gasteiger partial charge in [0.15, 0.2) is 16.5 Å². The van der Waals surface area contributed by atoms with Gasteiger partial charge >= 0.3 is 0 Å². The van der Waals surface area contributed by atoms with Crippen molar-refractivity contribution in [3.63, 3.8) is 0 Å². The number of rotatable bonds is 5. The van der Waals surface area contributed by atoms with Crippen LogP contribution in [0.2, 0.25) is 10.3 Å². The van der Waals surface area contributed by atoms with E-state index in [2.05, 4.69) is 4.98 Å². The van der Waals surface area contributed by atoms with Crippen LogP contribution in [0.15, 0.2) is 60.9 Å². The van der Waals surface area contributed by atoms with Gasteiger partial charge in [-0.1, -0.05) is 41.4 Å². The van der Waals surface area contributed by atoms with Gasteiger partial charge in [-0.15, -0.1) is 0 Å². The minimum Gasteiger partial charge on any atom is -0.470 e. The fraction of sp³-hybridized carbons (Fsp3) is 0.118. The Morgan fingerprint density at radius 2 is 1.52 bits per heavy atom. The number of halogens is 2. The normalized spacial score (nSPS) is 12.0. The van der Waals surface area contributed by atoms with Gasteiger partial charge in [0.1, 0.15) is 23.6 Å². The van der Waals surface area contributed by atoms with E-state index in [1.54, 1.807) is 10.9 Å². The minimum absolute atomic E-state index is 0.258. The summed E-state index contributed by atoms with van der Waals surface area (Å²) in [6.45, 7) is 1.86. The molecule has 0 aliphatic carbocycles. The number of ether oxygens (including phenoxy) is 2. The largest absolute Gasteiger partial charge is 0.470 e. The Balaban J connectivity index is 1.66.